The number of benzene rings is 1. The fourth-order valence-corrected chi connectivity index (χ4v) is 4.11. The van der Waals surface area contributed by atoms with Crippen molar-refractivity contribution in [1.82, 2.24) is 0 Å². The topological polar surface area (TPSA) is 9.23 Å². The first kappa shape index (κ1) is 15.8. The lowest BCUT2D eigenvalue weighted by atomic mass is 9.78. The summed E-state index contributed by atoms with van der Waals surface area (Å²) in [7, 11) is 0. The first-order chi connectivity index (χ1) is 10.7. The van der Waals surface area contributed by atoms with Gasteiger partial charge in [0, 0.05) is 0 Å². The smallest absolute Gasteiger partial charge is 0.0575 e. The largest absolute Gasteiger partial charge is 0.378 e. The molecule has 0 N–H and O–H groups in total. The molecule has 2 aliphatic rings. The normalized spacial score (nSPS) is 32.9. The van der Waals surface area contributed by atoms with Gasteiger partial charge in [0.1, 0.15) is 0 Å². The van der Waals surface area contributed by atoms with Gasteiger partial charge in [0.15, 0.2) is 0 Å². The molecular formula is C21H30O. The summed E-state index contributed by atoms with van der Waals surface area (Å²) in [5.74, 6) is 2.24. The summed E-state index contributed by atoms with van der Waals surface area (Å²) in [5, 5.41) is 0. The maximum absolute atomic E-state index is 6.28. The summed E-state index contributed by atoms with van der Waals surface area (Å²) in [4.78, 5) is 0. The highest BCUT2D eigenvalue weighted by Gasteiger charge is 2.27. The van der Waals surface area contributed by atoms with E-state index in [2.05, 4.69) is 43.8 Å². The SMILES string of the molecule is C=C1CC[C@H](C)[C@H](COC2CCC(c3ccccc3)CC2)C1. The van der Waals surface area contributed by atoms with E-state index in [-0.39, 0.29) is 0 Å². The van der Waals surface area contributed by atoms with Crippen LogP contribution in [0.1, 0.15) is 63.4 Å². The fraction of sp³-hybridized carbons (Fsp3) is 0.619. The average Bonchev–Trinajstić information content (AvgIpc) is 2.57. The lowest BCUT2D eigenvalue weighted by Crippen LogP contribution is -2.28. The highest BCUT2D eigenvalue weighted by atomic mass is 16.5. The molecule has 0 heterocycles. The zero-order valence-electron chi connectivity index (χ0n) is 14.0. The van der Waals surface area contributed by atoms with Crippen molar-refractivity contribution in [2.45, 2.75) is 63.9 Å². The zero-order chi connectivity index (χ0) is 15.4. The van der Waals surface area contributed by atoms with Crippen molar-refractivity contribution in [3.63, 3.8) is 0 Å². The molecule has 2 aliphatic carbocycles. The lowest BCUT2D eigenvalue weighted by molar-refractivity contribution is -0.00836. The second-order valence-electron chi connectivity index (χ2n) is 7.45. The molecule has 0 unspecified atom stereocenters. The maximum Gasteiger partial charge on any atom is 0.0575 e. The van der Waals surface area contributed by atoms with Gasteiger partial charge in [-0.1, -0.05) is 49.4 Å². The monoisotopic (exact) mass is 298 g/mol. The quantitative estimate of drug-likeness (QED) is 0.646. The molecule has 0 spiro atoms. The molecule has 1 aromatic rings. The van der Waals surface area contributed by atoms with Gasteiger partial charge >= 0.3 is 0 Å². The van der Waals surface area contributed by atoms with Crippen molar-refractivity contribution in [1.29, 1.82) is 0 Å². The van der Waals surface area contributed by atoms with Gasteiger partial charge in [0.2, 0.25) is 0 Å². The third-order valence-corrected chi connectivity index (χ3v) is 5.80. The molecule has 1 nitrogen and oxygen atoms in total. The van der Waals surface area contributed by atoms with E-state index in [1.54, 1.807) is 0 Å². The number of hydrogen-bond acceptors (Lipinski definition) is 1. The number of ether oxygens (including phenoxy) is 1. The van der Waals surface area contributed by atoms with Crippen molar-refractivity contribution in [3.05, 3.63) is 48.0 Å². The molecule has 0 bridgehead atoms. The molecule has 120 valence electrons. The summed E-state index contributed by atoms with van der Waals surface area (Å²) < 4.78 is 6.28. The van der Waals surface area contributed by atoms with E-state index >= 15 is 0 Å². The van der Waals surface area contributed by atoms with Crippen LogP contribution in [0.5, 0.6) is 0 Å². The molecular weight excluding hydrogens is 268 g/mol. The van der Waals surface area contributed by atoms with Crippen molar-refractivity contribution in [2.75, 3.05) is 6.61 Å². The first-order valence-corrected chi connectivity index (χ1v) is 9.05. The Morgan fingerprint density at radius 2 is 1.77 bits per heavy atom. The molecule has 1 heteroatoms. The summed E-state index contributed by atoms with van der Waals surface area (Å²) in [5.41, 5.74) is 2.94. The number of rotatable bonds is 4. The van der Waals surface area contributed by atoms with Crippen molar-refractivity contribution < 1.29 is 4.74 Å². The van der Waals surface area contributed by atoms with Crippen LogP contribution in [0.15, 0.2) is 42.5 Å². The van der Waals surface area contributed by atoms with E-state index in [9.17, 15) is 0 Å². The molecule has 2 atom stereocenters. The van der Waals surface area contributed by atoms with Crippen LogP contribution >= 0.6 is 0 Å². The Morgan fingerprint density at radius 3 is 2.50 bits per heavy atom. The van der Waals surface area contributed by atoms with Gasteiger partial charge in [-0.25, -0.2) is 0 Å². The minimum absolute atomic E-state index is 0.488. The minimum Gasteiger partial charge on any atom is -0.378 e. The van der Waals surface area contributed by atoms with Crippen LogP contribution in [0.25, 0.3) is 0 Å². The highest BCUT2D eigenvalue weighted by Crippen LogP contribution is 2.36. The molecule has 0 aromatic heterocycles. The Balaban J connectivity index is 1.43. The highest BCUT2D eigenvalue weighted by molar-refractivity contribution is 5.19. The molecule has 0 radical (unpaired) electrons. The van der Waals surface area contributed by atoms with Crippen molar-refractivity contribution >= 4 is 0 Å². The third-order valence-electron chi connectivity index (χ3n) is 5.80. The third kappa shape index (κ3) is 4.01. The minimum atomic E-state index is 0.488. The van der Waals surface area contributed by atoms with E-state index in [4.69, 9.17) is 4.74 Å². The van der Waals surface area contributed by atoms with E-state index in [1.165, 1.54) is 56.1 Å². The average molecular weight is 298 g/mol. The fourth-order valence-electron chi connectivity index (χ4n) is 4.11. The van der Waals surface area contributed by atoms with E-state index in [0.717, 1.165) is 18.4 Å². The first-order valence-electron chi connectivity index (χ1n) is 9.05. The Labute approximate surface area is 135 Å². The summed E-state index contributed by atoms with van der Waals surface area (Å²) in [6.07, 6.45) is 9.20. The Kier molecular flexibility index (Phi) is 5.36. The summed E-state index contributed by atoms with van der Waals surface area (Å²) >= 11 is 0. The Bertz CT molecular complexity index is 470. The van der Waals surface area contributed by atoms with Gasteiger partial charge in [0.25, 0.3) is 0 Å². The van der Waals surface area contributed by atoms with Gasteiger partial charge in [-0.05, 0) is 68.3 Å². The summed E-state index contributed by atoms with van der Waals surface area (Å²) in [6.45, 7) is 7.51. The molecule has 3 rings (SSSR count). The molecule has 0 amide bonds. The molecule has 0 saturated heterocycles. The number of hydrogen-bond donors (Lipinski definition) is 0. The molecule has 0 aliphatic heterocycles. The van der Waals surface area contributed by atoms with E-state index in [0.29, 0.717) is 12.0 Å². The lowest BCUT2D eigenvalue weighted by Gasteiger charge is -2.33. The van der Waals surface area contributed by atoms with Crippen LogP contribution in [-0.4, -0.2) is 12.7 Å². The van der Waals surface area contributed by atoms with Crippen LogP contribution in [0.3, 0.4) is 0 Å². The number of allylic oxidation sites excluding steroid dienone is 1. The molecule has 2 saturated carbocycles. The second-order valence-corrected chi connectivity index (χ2v) is 7.45. The van der Waals surface area contributed by atoms with E-state index < -0.39 is 0 Å². The predicted molar refractivity (Wildman–Crippen MR) is 93.0 cm³/mol. The standard InChI is InChI=1S/C21H30O/c1-16-8-9-17(2)20(14-16)15-22-21-12-10-19(11-13-21)18-6-4-3-5-7-18/h3-7,17,19-21H,1,8-15H2,2H3/t17-,19?,20-,21?/m0/s1. The van der Waals surface area contributed by atoms with Gasteiger partial charge in [-0.2, -0.15) is 0 Å². The van der Waals surface area contributed by atoms with E-state index in [1.807, 2.05) is 0 Å². The van der Waals surface area contributed by atoms with Crippen LogP contribution < -0.4 is 0 Å². The van der Waals surface area contributed by atoms with Gasteiger partial charge in [-0.3, -0.25) is 0 Å². The molecule has 2 fully saturated rings. The Morgan fingerprint density at radius 1 is 1.05 bits per heavy atom. The van der Waals surface area contributed by atoms with Gasteiger partial charge < -0.3 is 4.74 Å². The van der Waals surface area contributed by atoms with Crippen LogP contribution in [0.4, 0.5) is 0 Å². The molecule has 1 aromatic carbocycles. The van der Waals surface area contributed by atoms with Crippen LogP contribution in [-0.2, 0) is 4.74 Å². The van der Waals surface area contributed by atoms with Crippen molar-refractivity contribution in [3.8, 4) is 0 Å². The van der Waals surface area contributed by atoms with Crippen molar-refractivity contribution in [2.24, 2.45) is 11.8 Å². The van der Waals surface area contributed by atoms with Crippen LogP contribution in [0, 0.1) is 11.8 Å². The Hall–Kier alpha value is -1.08. The summed E-state index contributed by atoms with van der Waals surface area (Å²) in [6, 6.07) is 11.0. The van der Waals surface area contributed by atoms with Gasteiger partial charge in [-0.15, -0.1) is 0 Å². The van der Waals surface area contributed by atoms with Crippen LogP contribution in [0.2, 0.25) is 0 Å². The maximum atomic E-state index is 6.28. The molecule has 22 heavy (non-hydrogen) atoms. The zero-order valence-corrected chi connectivity index (χ0v) is 14.0. The second kappa shape index (κ2) is 7.46. The van der Waals surface area contributed by atoms with Gasteiger partial charge in [0.05, 0.1) is 12.7 Å². The predicted octanol–water partition coefficient (Wildman–Crippen LogP) is 5.72.